The molecule has 0 bridgehead atoms. The number of likely N-dealkylation sites (N-methyl/N-ethyl adjacent to an activating group) is 1. The molecule has 0 aliphatic heterocycles. The van der Waals surface area contributed by atoms with Crippen LogP contribution >= 0.6 is 11.8 Å². The Balaban J connectivity index is 2.86. The highest BCUT2D eigenvalue weighted by Crippen LogP contribution is 2.18. The summed E-state index contributed by atoms with van der Waals surface area (Å²) in [6.07, 6.45) is 3.05. The van der Waals surface area contributed by atoms with Gasteiger partial charge in [0.25, 0.3) is 0 Å². The normalized spacial score (nSPS) is 10.9. The van der Waals surface area contributed by atoms with E-state index in [1.807, 2.05) is 12.3 Å². The summed E-state index contributed by atoms with van der Waals surface area (Å²) in [5.74, 6) is 1.46. The molecule has 0 amide bonds. The Labute approximate surface area is 114 Å². The number of rotatable bonds is 7. The Bertz CT molecular complexity index is 369. The molecular formula is C12H23N5S. The topological polar surface area (TPSA) is 58.3 Å². The van der Waals surface area contributed by atoms with Crippen molar-refractivity contribution in [3.05, 3.63) is 6.07 Å². The average Bonchev–Trinajstić information content (AvgIpc) is 2.33. The first kappa shape index (κ1) is 15.0. The number of nitrogens with zero attached hydrogens (tertiary/aromatic N) is 4. The lowest BCUT2D eigenvalue weighted by molar-refractivity contribution is 0.412. The maximum Gasteiger partial charge on any atom is 0.191 e. The molecule has 0 spiro atoms. The van der Waals surface area contributed by atoms with Gasteiger partial charge in [-0.1, -0.05) is 18.7 Å². The van der Waals surface area contributed by atoms with Crippen molar-refractivity contribution >= 4 is 23.4 Å². The summed E-state index contributed by atoms with van der Waals surface area (Å²) in [7, 11) is 4.15. The minimum atomic E-state index is 0.537. The molecule has 18 heavy (non-hydrogen) atoms. The van der Waals surface area contributed by atoms with E-state index in [1.165, 1.54) is 11.8 Å². The molecule has 102 valence electrons. The Kier molecular flexibility index (Phi) is 6.21. The molecule has 1 aromatic heterocycles. The summed E-state index contributed by atoms with van der Waals surface area (Å²) in [4.78, 5) is 13.1. The highest BCUT2D eigenvalue weighted by Gasteiger charge is 2.10. The molecule has 0 aliphatic carbocycles. The van der Waals surface area contributed by atoms with E-state index < -0.39 is 0 Å². The van der Waals surface area contributed by atoms with Crippen molar-refractivity contribution in [3.63, 3.8) is 0 Å². The van der Waals surface area contributed by atoms with Gasteiger partial charge in [-0.2, -0.15) is 0 Å². The van der Waals surface area contributed by atoms with E-state index in [9.17, 15) is 0 Å². The van der Waals surface area contributed by atoms with Gasteiger partial charge in [-0.05, 0) is 26.8 Å². The van der Waals surface area contributed by atoms with Crippen LogP contribution in [-0.4, -0.2) is 54.9 Å². The van der Waals surface area contributed by atoms with Gasteiger partial charge in [0.05, 0.1) is 0 Å². The zero-order valence-corrected chi connectivity index (χ0v) is 12.5. The van der Waals surface area contributed by atoms with Crippen LogP contribution in [0.25, 0.3) is 0 Å². The minimum absolute atomic E-state index is 0.537. The van der Waals surface area contributed by atoms with Crippen LogP contribution in [0, 0.1) is 0 Å². The van der Waals surface area contributed by atoms with Gasteiger partial charge in [-0.25, -0.2) is 9.97 Å². The van der Waals surface area contributed by atoms with E-state index in [4.69, 9.17) is 5.73 Å². The lowest BCUT2D eigenvalue weighted by atomic mass is 10.3. The van der Waals surface area contributed by atoms with Gasteiger partial charge in [0.15, 0.2) is 5.16 Å². The van der Waals surface area contributed by atoms with Crippen LogP contribution in [-0.2, 0) is 0 Å². The van der Waals surface area contributed by atoms with Crippen molar-refractivity contribution in [3.8, 4) is 0 Å². The zero-order valence-electron chi connectivity index (χ0n) is 11.7. The smallest absolute Gasteiger partial charge is 0.191 e. The molecule has 0 fully saturated rings. The summed E-state index contributed by atoms with van der Waals surface area (Å²) in [5.41, 5.74) is 5.82. The van der Waals surface area contributed by atoms with Gasteiger partial charge in [0.2, 0.25) is 0 Å². The lowest BCUT2D eigenvalue weighted by Crippen LogP contribution is -2.33. The first-order valence-corrected chi connectivity index (χ1v) is 7.37. The van der Waals surface area contributed by atoms with Gasteiger partial charge >= 0.3 is 0 Å². The summed E-state index contributed by atoms with van der Waals surface area (Å²) >= 11 is 1.52. The Hall–Kier alpha value is -1.01. The van der Waals surface area contributed by atoms with E-state index in [-0.39, 0.29) is 0 Å². The Morgan fingerprint density at radius 3 is 2.50 bits per heavy atom. The van der Waals surface area contributed by atoms with Crippen molar-refractivity contribution < 1.29 is 0 Å². The number of hydrogen-bond acceptors (Lipinski definition) is 6. The molecule has 6 heteroatoms. The van der Waals surface area contributed by atoms with Crippen molar-refractivity contribution in [1.29, 1.82) is 0 Å². The van der Waals surface area contributed by atoms with Crippen LogP contribution in [0.4, 0.5) is 11.6 Å². The number of nitrogens with two attached hydrogens (primary N) is 1. The molecule has 1 heterocycles. The number of nitrogen functional groups attached to an aromatic ring is 1. The molecular weight excluding hydrogens is 246 g/mol. The molecule has 0 atom stereocenters. The average molecular weight is 269 g/mol. The second-order valence-corrected chi connectivity index (χ2v) is 5.20. The maximum absolute atomic E-state index is 5.82. The summed E-state index contributed by atoms with van der Waals surface area (Å²) in [6.45, 7) is 5.10. The largest absolute Gasteiger partial charge is 0.383 e. The fourth-order valence-corrected chi connectivity index (χ4v) is 2.00. The quantitative estimate of drug-likeness (QED) is 0.599. The van der Waals surface area contributed by atoms with E-state index in [0.29, 0.717) is 5.82 Å². The predicted molar refractivity (Wildman–Crippen MR) is 79.3 cm³/mol. The first-order chi connectivity index (χ1) is 8.56. The van der Waals surface area contributed by atoms with Gasteiger partial charge in [-0.3, -0.25) is 0 Å². The van der Waals surface area contributed by atoms with Gasteiger partial charge in [-0.15, -0.1) is 0 Å². The van der Waals surface area contributed by atoms with Gasteiger partial charge in [0.1, 0.15) is 11.6 Å². The molecule has 0 saturated carbocycles. The highest BCUT2D eigenvalue weighted by atomic mass is 32.2. The summed E-state index contributed by atoms with van der Waals surface area (Å²) in [6, 6.07) is 1.85. The monoisotopic (exact) mass is 269 g/mol. The lowest BCUT2D eigenvalue weighted by Gasteiger charge is -2.25. The Morgan fingerprint density at radius 2 is 1.94 bits per heavy atom. The van der Waals surface area contributed by atoms with Gasteiger partial charge in [0, 0.05) is 25.7 Å². The van der Waals surface area contributed by atoms with Crippen LogP contribution in [0.15, 0.2) is 11.2 Å². The molecule has 0 saturated heterocycles. The van der Waals surface area contributed by atoms with E-state index in [2.05, 4.69) is 40.8 Å². The van der Waals surface area contributed by atoms with Crippen molar-refractivity contribution in [2.45, 2.75) is 18.5 Å². The molecule has 0 aliphatic rings. The van der Waals surface area contributed by atoms with E-state index in [0.717, 1.165) is 37.0 Å². The van der Waals surface area contributed by atoms with Crippen molar-refractivity contribution in [2.24, 2.45) is 0 Å². The number of thioether (sulfide) groups is 1. The van der Waals surface area contributed by atoms with Crippen LogP contribution in [0.1, 0.15) is 13.3 Å². The number of hydrogen-bond donors (Lipinski definition) is 1. The molecule has 2 N–H and O–H groups in total. The third kappa shape index (κ3) is 4.70. The Morgan fingerprint density at radius 1 is 1.22 bits per heavy atom. The van der Waals surface area contributed by atoms with Gasteiger partial charge < -0.3 is 15.5 Å². The van der Waals surface area contributed by atoms with Crippen molar-refractivity contribution in [2.75, 3.05) is 50.6 Å². The fourth-order valence-electron chi connectivity index (χ4n) is 1.62. The SMILES string of the molecule is CCCN(CCN(C)C)c1cc(N)nc(SC)n1. The second kappa shape index (κ2) is 7.43. The van der Waals surface area contributed by atoms with E-state index in [1.54, 1.807) is 0 Å². The van der Waals surface area contributed by atoms with Crippen LogP contribution in [0.2, 0.25) is 0 Å². The molecule has 1 rings (SSSR count). The fraction of sp³-hybridized carbons (Fsp3) is 0.667. The van der Waals surface area contributed by atoms with Crippen LogP contribution in [0.5, 0.6) is 0 Å². The molecule has 0 radical (unpaired) electrons. The maximum atomic E-state index is 5.82. The summed E-state index contributed by atoms with van der Waals surface area (Å²) in [5, 5.41) is 0.732. The highest BCUT2D eigenvalue weighted by molar-refractivity contribution is 7.98. The standard InChI is InChI=1S/C12H23N5S/c1-5-6-17(8-7-16(2)3)11-9-10(13)14-12(15-11)18-4/h9H,5-8H2,1-4H3,(H2,13,14,15). The zero-order chi connectivity index (χ0) is 13.5. The third-order valence-corrected chi connectivity index (χ3v) is 3.08. The van der Waals surface area contributed by atoms with Crippen LogP contribution < -0.4 is 10.6 Å². The number of aromatic nitrogens is 2. The first-order valence-electron chi connectivity index (χ1n) is 6.15. The van der Waals surface area contributed by atoms with Crippen LogP contribution in [0.3, 0.4) is 0 Å². The predicted octanol–water partition coefficient (Wildman–Crippen LogP) is 1.56. The third-order valence-electron chi connectivity index (χ3n) is 2.53. The molecule has 0 aromatic carbocycles. The minimum Gasteiger partial charge on any atom is -0.383 e. The molecule has 0 unspecified atom stereocenters. The molecule has 1 aromatic rings. The number of anilines is 2. The molecule has 5 nitrogen and oxygen atoms in total. The van der Waals surface area contributed by atoms with Crippen molar-refractivity contribution in [1.82, 2.24) is 14.9 Å². The summed E-state index contributed by atoms with van der Waals surface area (Å²) < 4.78 is 0. The second-order valence-electron chi connectivity index (χ2n) is 4.43. The van der Waals surface area contributed by atoms with E-state index >= 15 is 0 Å².